The summed E-state index contributed by atoms with van der Waals surface area (Å²) in [5, 5.41) is 18.9. The van der Waals surface area contributed by atoms with E-state index < -0.39 is 12.1 Å². The third kappa shape index (κ3) is 6.28. The zero-order chi connectivity index (χ0) is 23.2. The van der Waals surface area contributed by atoms with Crippen molar-refractivity contribution in [3.63, 3.8) is 0 Å². The average molecular weight is 476 g/mol. The average Bonchev–Trinajstić information content (AvgIpc) is 3.27. The highest BCUT2D eigenvalue weighted by Gasteiger charge is 2.33. The van der Waals surface area contributed by atoms with Gasteiger partial charge >= 0.3 is 6.03 Å². The molecular formula is C23H26ClN3O6. The highest BCUT2D eigenvalue weighted by Crippen LogP contribution is 2.34. The maximum atomic E-state index is 12.4. The number of nitrogens with one attached hydrogen (secondary N) is 3. The van der Waals surface area contributed by atoms with Crippen LogP contribution in [0.25, 0.3) is 0 Å². The quantitative estimate of drug-likeness (QED) is 0.489. The predicted octanol–water partition coefficient (Wildman–Crippen LogP) is 2.81. The highest BCUT2D eigenvalue weighted by molar-refractivity contribution is 6.30. The van der Waals surface area contributed by atoms with Crippen molar-refractivity contribution in [2.75, 3.05) is 18.7 Å². The number of carbonyl (C=O) groups excluding carboxylic acids is 2. The number of carbonyl (C=O) groups is 2. The molecule has 0 aromatic heterocycles. The summed E-state index contributed by atoms with van der Waals surface area (Å²) < 4.78 is 16.5. The summed E-state index contributed by atoms with van der Waals surface area (Å²) in [6, 6.07) is 11.6. The van der Waals surface area contributed by atoms with E-state index in [1.54, 1.807) is 30.3 Å². The minimum atomic E-state index is -0.602. The number of benzene rings is 2. The molecule has 9 nitrogen and oxygen atoms in total. The van der Waals surface area contributed by atoms with Crippen LogP contribution < -0.4 is 25.4 Å². The number of urea groups is 1. The second-order valence-electron chi connectivity index (χ2n) is 7.94. The van der Waals surface area contributed by atoms with Gasteiger partial charge in [0.2, 0.25) is 12.7 Å². The van der Waals surface area contributed by atoms with Gasteiger partial charge in [0.15, 0.2) is 11.5 Å². The van der Waals surface area contributed by atoms with Gasteiger partial charge in [-0.05, 0) is 42.7 Å². The summed E-state index contributed by atoms with van der Waals surface area (Å²) in [6.45, 7) is 0.289. The Hall–Kier alpha value is -3.01. The van der Waals surface area contributed by atoms with E-state index >= 15 is 0 Å². The van der Waals surface area contributed by atoms with E-state index in [2.05, 4.69) is 16.0 Å². The molecule has 4 N–H and O–H groups in total. The summed E-state index contributed by atoms with van der Waals surface area (Å²) in [5.41, 5.74) is 1.51. The first-order chi connectivity index (χ1) is 16.0. The maximum Gasteiger partial charge on any atom is 0.319 e. The van der Waals surface area contributed by atoms with Crippen LogP contribution in [0.2, 0.25) is 5.02 Å². The van der Waals surface area contributed by atoms with Crippen molar-refractivity contribution in [3.8, 4) is 11.5 Å². The lowest BCUT2D eigenvalue weighted by Crippen LogP contribution is -2.52. The first-order valence-corrected chi connectivity index (χ1v) is 11.1. The molecule has 2 heterocycles. The van der Waals surface area contributed by atoms with Gasteiger partial charge in [0.05, 0.1) is 25.2 Å². The Bertz CT molecular complexity index is 987. The van der Waals surface area contributed by atoms with E-state index in [4.69, 9.17) is 25.8 Å². The van der Waals surface area contributed by atoms with Crippen LogP contribution in [0.3, 0.4) is 0 Å². The van der Waals surface area contributed by atoms with Crippen molar-refractivity contribution in [1.82, 2.24) is 10.6 Å². The van der Waals surface area contributed by atoms with Crippen molar-refractivity contribution < 1.29 is 28.9 Å². The zero-order valence-corrected chi connectivity index (χ0v) is 18.6. The number of aliphatic hydroxyl groups is 1. The van der Waals surface area contributed by atoms with Crippen LogP contribution in [0, 0.1) is 0 Å². The van der Waals surface area contributed by atoms with Gasteiger partial charge in [0.1, 0.15) is 6.10 Å². The van der Waals surface area contributed by atoms with Crippen molar-refractivity contribution in [3.05, 3.63) is 53.1 Å². The Labute approximate surface area is 196 Å². The fraction of sp³-hybridized carbons (Fsp3) is 0.391. The second kappa shape index (κ2) is 10.7. The summed E-state index contributed by atoms with van der Waals surface area (Å²) in [4.78, 5) is 24.7. The van der Waals surface area contributed by atoms with Crippen LogP contribution in [0.1, 0.15) is 24.8 Å². The topological polar surface area (TPSA) is 118 Å². The summed E-state index contributed by atoms with van der Waals surface area (Å²) >= 11 is 5.87. The minimum absolute atomic E-state index is 0.140. The molecule has 3 atom stereocenters. The number of aliphatic hydroxyl groups excluding tert-OH is 1. The summed E-state index contributed by atoms with van der Waals surface area (Å²) in [6.07, 6.45) is 0.409. The van der Waals surface area contributed by atoms with Gasteiger partial charge in [-0.2, -0.15) is 0 Å². The predicted molar refractivity (Wildman–Crippen MR) is 121 cm³/mol. The van der Waals surface area contributed by atoms with Crippen molar-refractivity contribution in [2.24, 2.45) is 0 Å². The standard InChI is InChI=1S/C23H26ClN3O6/c24-15-3-1-14(2-4-15)11-25-22(29)10-17-6-7-18(21(12-28)33-17)27-23(30)26-16-5-8-19-20(9-16)32-13-31-19/h1-5,8-9,17-18,21,28H,6-7,10-13H2,(H,25,29)(H2,26,27,30)/t17-,18-,21+/m1/s1. The van der Waals surface area contributed by atoms with E-state index in [0.29, 0.717) is 41.6 Å². The molecule has 2 aliphatic heterocycles. The van der Waals surface area contributed by atoms with E-state index in [1.165, 1.54) is 0 Å². The molecule has 33 heavy (non-hydrogen) atoms. The molecule has 3 amide bonds. The van der Waals surface area contributed by atoms with Gasteiger partial charge in [-0.1, -0.05) is 23.7 Å². The molecule has 0 aliphatic carbocycles. The Morgan fingerprint density at radius 1 is 1.06 bits per heavy atom. The fourth-order valence-corrected chi connectivity index (χ4v) is 3.96. The van der Waals surface area contributed by atoms with Gasteiger partial charge in [0.25, 0.3) is 0 Å². The molecule has 2 aliphatic rings. The van der Waals surface area contributed by atoms with E-state index in [0.717, 1.165) is 5.56 Å². The lowest BCUT2D eigenvalue weighted by atomic mass is 9.97. The van der Waals surface area contributed by atoms with Gasteiger partial charge in [-0.3, -0.25) is 4.79 Å². The minimum Gasteiger partial charge on any atom is -0.454 e. The molecule has 1 fully saturated rings. The highest BCUT2D eigenvalue weighted by atomic mass is 35.5. The Balaban J connectivity index is 1.22. The van der Waals surface area contributed by atoms with E-state index in [1.807, 2.05) is 12.1 Å². The number of rotatable bonds is 7. The molecule has 10 heteroatoms. The Morgan fingerprint density at radius 3 is 2.64 bits per heavy atom. The molecule has 2 aromatic carbocycles. The maximum absolute atomic E-state index is 12.4. The van der Waals surface area contributed by atoms with Crippen molar-refractivity contribution >= 4 is 29.2 Å². The van der Waals surface area contributed by atoms with Gasteiger partial charge in [-0.25, -0.2) is 4.79 Å². The number of hydrogen-bond donors (Lipinski definition) is 4. The summed E-state index contributed by atoms with van der Waals surface area (Å²) in [5.74, 6) is 1.06. The largest absolute Gasteiger partial charge is 0.454 e. The van der Waals surface area contributed by atoms with Crippen LogP contribution in [0.5, 0.6) is 11.5 Å². The first kappa shape index (κ1) is 23.2. The first-order valence-electron chi connectivity index (χ1n) is 10.7. The number of anilines is 1. The lowest BCUT2D eigenvalue weighted by molar-refractivity contribution is -0.130. The molecule has 0 unspecified atom stereocenters. The van der Waals surface area contributed by atoms with Gasteiger partial charge in [0, 0.05) is 23.3 Å². The van der Waals surface area contributed by atoms with E-state index in [-0.39, 0.29) is 37.9 Å². The number of halogens is 1. The van der Waals surface area contributed by atoms with Gasteiger partial charge < -0.3 is 35.3 Å². The molecule has 0 spiro atoms. The molecule has 0 saturated carbocycles. The van der Waals surface area contributed by atoms with E-state index in [9.17, 15) is 14.7 Å². The van der Waals surface area contributed by atoms with Crippen LogP contribution in [0.15, 0.2) is 42.5 Å². The monoisotopic (exact) mass is 475 g/mol. The van der Waals surface area contributed by atoms with Crippen molar-refractivity contribution in [1.29, 1.82) is 0 Å². The second-order valence-corrected chi connectivity index (χ2v) is 8.37. The Morgan fingerprint density at radius 2 is 1.85 bits per heavy atom. The summed E-state index contributed by atoms with van der Waals surface area (Å²) in [7, 11) is 0. The number of ether oxygens (including phenoxy) is 3. The number of amides is 3. The lowest BCUT2D eigenvalue weighted by Gasteiger charge is -2.35. The third-order valence-corrected chi connectivity index (χ3v) is 5.81. The molecular weight excluding hydrogens is 450 g/mol. The molecule has 176 valence electrons. The molecule has 1 saturated heterocycles. The van der Waals surface area contributed by atoms with Gasteiger partial charge in [-0.15, -0.1) is 0 Å². The number of hydrogen-bond acceptors (Lipinski definition) is 6. The Kier molecular flexibility index (Phi) is 7.54. The number of fused-ring (bicyclic) bond motifs is 1. The van der Waals surface area contributed by atoms with Crippen molar-refractivity contribution in [2.45, 2.75) is 44.1 Å². The third-order valence-electron chi connectivity index (χ3n) is 5.56. The van der Waals surface area contributed by atoms with Crippen LogP contribution in [0.4, 0.5) is 10.5 Å². The van der Waals surface area contributed by atoms with Crippen LogP contribution in [-0.4, -0.2) is 48.7 Å². The molecule has 2 aromatic rings. The van der Waals surface area contributed by atoms with Crippen LogP contribution in [-0.2, 0) is 16.1 Å². The fourth-order valence-electron chi connectivity index (χ4n) is 3.84. The zero-order valence-electron chi connectivity index (χ0n) is 17.9. The molecule has 0 bridgehead atoms. The smallest absolute Gasteiger partial charge is 0.319 e. The van der Waals surface area contributed by atoms with Crippen LogP contribution >= 0.6 is 11.6 Å². The SMILES string of the molecule is O=C(C[C@H]1CC[C@@H](NC(=O)Nc2ccc3c(c2)OCO3)[C@H](CO)O1)NCc1ccc(Cl)cc1. The molecule has 4 rings (SSSR count). The normalized spacial score (nSPS) is 21.3. The molecule has 0 radical (unpaired) electrons.